The third-order valence-corrected chi connectivity index (χ3v) is 7.46. The minimum atomic E-state index is -0.731. The van der Waals surface area contributed by atoms with Crippen LogP contribution in [0.2, 0.25) is 0 Å². The first-order valence-corrected chi connectivity index (χ1v) is 10.6. The molecule has 2 amide bonds. The number of hydrogen-bond donors (Lipinski definition) is 1. The highest BCUT2D eigenvalue weighted by Gasteiger charge is 2.56. The van der Waals surface area contributed by atoms with Gasteiger partial charge in [-0.25, -0.2) is 8.78 Å². The molecule has 0 radical (unpaired) electrons. The minimum absolute atomic E-state index is 0.0893. The Morgan fingerprint density at radius 3 is 2.47 bits per heavy atom. The second-order valence-electron chi connectivity index (χ2n) is 9.17. The van der Waals surface area contributed by atoms with Gasteiger partial charge in [0.05, 0.1) is 17.7 Å². The standard InChI is InChI=1S/C22H24F2N4O2/c23-13-1-4-18(24)17(9-13)21(29)27-14-2-3-15(27)7-12(6-14)20(26)22(30)28-16(10-25)5-11-8-19(11)28/h1,4,9,11-12,14-16,19-20H,2-3,5-8,26H2. The Morgan fingerprint density at radius 1 is 1.10 bits per heavy atom. The van der Waals surface area contributed by atoms with Crippen molar-refractivity contribution in [2.45, 2.75) is 68.7 Å². The predicted octanol–water partition coefficient (Wildman–Crippen LogP) is 2.19. The molecule has 1 aromatic rings. The van der Waals surface area contributed by atoms with Crippen LogP contribution in [0.15, 0.2) is 18.2 Å². The lowest BCUT2D eigenvalue weighted by Gasteiger charge is -2.41. The molecule has 1 aliphatic carbocycles. The van der Waals surface area contributed by atoms with Crippen molar-refractivity contribution < 1.29 is 18.4 Å². The summed E-state index contributed by atoms with van der Waals surface area (Å²) in [6.45, 7) is 0. The largest absolute Gasteiger partial charge is 0.333 e. The molecular weight excluding hydrogens is 390 g/mol. The number of benzene rings is 1. The molecule has 4 fully saturated rings. The van der Waals surface area contributed by atoms with E-state index in [0.29, 0.717) is 18.8 Å². The van der Waals surface area contributed by atoms with E-state index in [4.69, 9.17) is 5.73 Å². The lowest BCUT2D eigenvalue weighted by Crippen LogP contribution is -2.55. The van der Waals surface area contributed by atoms with E-state index in [1.807, 2.05) is 0 Å². The molecule has 1 saturated carbocycles. The number of fused-ring (bicyclic) bond motifs is 3. The average molecular weight is 414 g/mol. The number of halogens is 2. The van der Waals surface area contributed by atoms with Crippen LogP contribution in [0.4, 0.5) is 8.78 Å². The molecule has 1 aromatic carbocycles. The van der Waals surface area contributed by atoms with Crippen LogP contribution in [0.5, 0.6) is 0 Å². The van der Waals surface area contributed by atoms with Crippen molar-refractivity contribution in [3.05, 3.63) is 35.4 Å². The highest BCUT2D eigenvalue weighted by atomic mass is 19.1. The zero-order chi connectivity index (χ0) is 21.2. The maximum absolute atomic E-state index is 14.1. The molecule has 0 spiro atoms. The van der Waals surface area contributed by atoms with Crippen molar-refractivity contribution in [2.75, 3.05) is 0 Å². The molecule has 30 heavy (non-hydrogen) atoms. The zero-order valence-corrected chi connectivity index (χ0v) is 16.5. The van der Waals surface area contributed by atoms with Crippen molar-refractivity contribution in [1.29, 1.82) is 5.26 Å². The fourth-order valence-electron chi connectivity index (χ4n) is 5.91. The summed E-state index contributed by atoms with van der Waals surface area (Å²) in [5.41, 5.74) is 6.13. The van der Waals surface area contributed by atoms with Gasteiger partial charge in [0.25, 0.3) is 5.91 Å². The number of carbonyl (C=O) groups is 2. The molecule has 2 bridgehead atoms. The molecule has 3 heterocycles. The van der Waals surface area contributed by atoms with E-state index in [1.54, 1.807) is 9.80 Å². The Bertz CT molecular complexity index is 934. The van der Waals surface area contributed by atoms with E-state index < -0.39 is 23.6 Å². The lowest BCUT2D eigenvalue weighted by atomic mass is 9.84. The van der Waals surface area contributed by atoms with Gasteiger partial charge in [0.1, 0.15) is 17.7 Å². The van der Waals surface area contributed by atoms with Crippen molar-refractivity contribution >= 4 is 11.8 Å². The summed E-state index contributed by atoms with van der Waals surface area (Å²) in [4.78, 5) is 29.4. The second-order valence-corrected chi connectivity index (χ2v) is 9.17. The smallest absolute Gasteiger partial charge is 0.257 e. The monoisotopic (exact) mass is 414 g/mol. The van der Waals surface area contributed by atoms with E-state index in [1.165, 1.54) is 0 Å². The third-order valence-electron chi connectivity index (χ3n) is 7.46. The molecule has 5 rings (SSSR count). The minimum Gasteiger partial charge on any atom is -0.333 e. The molecule has 158 valence electrons. The van der Waals surface area contributed by atoms with Crippen molar-refractivity contribution in [2.24, 2.45) is 17.6 Å². The number of likely N-dealkylation sites (tertiary alicyclic amines) is 1. The van der Waals surface area contributed by atoms with Gasteiger partial charge in [-0.05, 0) is 68.6 Å². The molecule has 6 unspecified atom stereocenters. The first kappa shape index (κ1) is 19.4. The van der Waals surface area contributed by atoms with Crippen LogP contribution in [0.25, 0.3) is 0 Å². The third kappa shape index (κ3) is 2.99. The molecule has 4 aliphatic rings. The van der Waals surface area contributed by atoms with Crippen LogP contribution in [-0.4, -0.2) is 51.8 Å². The van der Waals surface area contributed by atoms with Crippen molar-refractivity contribution in [1.82, 2.24) is 9.80 Å². The van der Waals surface area contributed by atoms with Crippen LogP contribution in [0.1, 0.15) is 48.9 Å². The van der Waals surface area contributed by atoms with Gasteiger partial charge in [-0.1, -0.05) is 0 Å². The summed E-state index contributed by atoms with van der Waals surface area (Å²) in [7, 11) is 0. The normalized spacial score (nSPS) is 35.0. The molecule has 6 atom stereocenters. The number of carbonyl (C=O) groups excluding carboxylic acids is 2. The lowest BCUT2D eigenvalue weighted by molar-refractivity contribution is -0.135. The number of piperidine rings is 2. The summed E-state index contributed by atoms with van der Waals surface area (Å²) in [5.74, 6) is -1.69. The summed E-state index contributed by atoms with van der Waals surface area (Å²) in [6.07, 6.45) is 4.33. The zero-order valence-electron chi connectivity index (χ0n) is 16.5. The maximum Gasteiger partial charge on any atom is 0.257 e. The van der Waals surface area contributed by atoms with Gasteiger partial charge in [0.15, 0.2) is 0 Å². The summed E-state index contributed by atoms with van der Waals surface area (Å²) in [5, 5.41) is 9.37. The van der Waals surface area contributed by atoms with Crippen molar-refractivity contribution in [3.8, 4) is 6.07 Å². The van der Waals surface area contributed by atoms with Gasteiger partial charge in [-0.15, -0.1) is 0 Å². The van der Waals surface area contributed by atoms with Gasteiger partial charge < -0.3 is 15.5 Å². The number of rotatable bonds is 3. The summed E-state index contributed by atoms with van der Waals surface area (Å²) in [6, 6.07) is 3.92. The van der Waals surface area contributed by atoms with Crippen LogP contribution in [0.3, 0.4) is 0 Å². The first-order valence-electron chi connectivity index (χ1n) is 10.6. The van der Waals surface area contributed by atoms with Crippen LogP contribution in [0, 0.1) is 34.8 Å². The Hall–Kier alpha value is -2.53. The summed E-state index contributed by atoms with van der Waals surface area (Å²) >= 11 is 0. The van der Waals surface area contributed by atoms with Crippen LogP contribution in [-0.2, 0) is 4.79 Å². The fraction of sp³-hybridized carbons (Fsp3) is 0.591. The summed E-state index contributed by atoms with van der Waals surface area (Å²) < 4.78 is 27.7. The SMILES string of the molecule is N#CC1CC2CC2N1C(=O)C(N)C1CC2CCC(C1)N2C(=O)c1cc(F)ccc1F. The molecule has 0 aromatic heterocycles. The number of nitrogens with two attached hydrogens (primary N) is 1. The maximum atomic E-state index is 14.1. The molecule has 2 N–H and O–H groups in total. The average Bonchev–Trinajstić information content (AvgIpc) is 3.33. The molecule has 3 saturated heterocycles. The molecule has 8 heteroatoms. The second kappa shape index (κ2) is 7.02. The Kier molecular flexibility index (Phi) is 4.55. The number of nitrogens with zero attached hydrogens (tertiary/aromatic N) is 3. The van der Waals surface area contributed by atoms with Crippen LogP contribution < -0.4 is 5.73 Å². The van der Waals surface area contributed by atoms with Gasteiger partial charge in [0.2, 0.25) is 5.91 Å². The number of nitriles is 1. The topological polar surface area (TPSA) is 90.4 Å². The number of hydrogen-bond acceptors (Lipinski definition) is 4. The Balaban J connectivity index is 1.31. The molecule has 6 nitrogen and oxygen atoms in total. The van der Waals surface area contributed by atoms with Gasteiger partial charge in [-0.3, -0.25) is 9.59 Å². The van der Waals surface area contributed by atoms with E-state index in [-0.39, 0.29) is 41.6 Å². The van der Waals surface area contributed by atoms with Gasteiger partial charge in [0, 0.05) is 18.1 Å². The highest BCUT2D eigenvalue weighted by molar-refractivity contribution is 5.95. The van der Waals surface area contributed by atoms with Crippen LogP contribution >= 0.6 is 0 Å². The fourth-order valence-corrected chi connectivity index (χ4v) is 5.91. The Morgan fingerprint density at radius 2 is 1.80 bits per heavy atom. The van der Waals surface area contributed by atoms with Crippen molar-refractivity contribution in [3.63, 3.8) is 0 Å². The quantitative estimate of drug-likeness (QED) is 0.821. The molecular formula is C22H24F2N4O2. The number of amides is 2. The van der Waals surface area contributed by atoms with E-state index in [0.717, 1.165) is 43.9 Å². The predicted molar refractivity (Wildman–Crippen MR) is 103 cm³/mol. The van der Waals surface area contributed by atoms with E-state index in [9.17, 15) is 23.6 Å². The van der Waals surface area contributed by atoms with E-state index in [2.05, 4.69) is 6.07 Å². The Labute approximate surface area is 173 Å². The van der Waals surface area contributed by atoms with Gasteiger partial charge >= 0.3 is 0 Å². The highest BCUT2D eigenvalue weighted by Crippen LogP contribution is 2.48. The van der Waals surface area contributed by atoms with Gasteiger partial charge in [-0.2, -0.15) is 5.26 Å². The molecule has 3 aliphatic heterocycles. The first-order chi connectivity index (χ1) is 14.4. The van der Waals surface area contributed by atoms with E-state index >= 15 is 0 Å².